The quantitative estimate of drug-likeness (QED) is 0.631. The lowest BCUT2D eigenvalue weighted by Crippen LogP contribution is -2.39. The molecule has 1 atom stereocenters. The van der Waals surface area contributed by atoms with Crippen LogP contribution in [0.2, 0.25) is 0 Å². The van der Waals surface area contributed by atoms with Gasteiger partial charge in [0, 0.05) is 20.1 Å². The van der Waals surface area contributed by atoms with Crippen LogP contribution in [-0.2, 0) is 27.1 Å². The Kier molecular flexibility index (Phi) is 6.71. The Morgan fingerprint density at radius 3 is 2.63 bits per heavy atom. The molecule has 0 aromatic heterocycles. The van der Waals surface area contributed by atoms with E-state index in [0.717, 1.165) is 12.1 Å². The van der Waals surface area contributed by atoms with Crippen LogP contribution in [0.4, 0.5) is 17.6 Å². The molecule has 0 fully saturated rings. The summed E-state index contributed by atoms with van der Waals surface area (Å²) in [5, 5.41) is 4.01. The van der Waals surface area contributed by atoms with Crippen molar-refractivity contribution in [1.29, 1.82) is 0 Å². The molecule has 0 bridgehead atoms. The van der Waals surface area contributed by atoms with Gasteiger partial charge in [0.05, 0.1) is 17.8 Å². The van der Waals surface area contributed by atoms with Gasteiger partial charge in [-0.1, -0.05) is 29.4 Å². The Hall–Kier alpha value is -2.94. The number of halogens is 4. The van der Waals surface area contributed by atoms with E-state index in [-0.39, 0.29) is 31.4 Å². The molecule has 1 heterocycles. The summed E-state index contributed by atoms with van der Waals surface area (Å²) >= 11 is 0. The molecule has 160 valence electrons. The fourth-order valence-electron chi connectivity index (χ4n) is 3.12. The van der Waals surface area contributed by atoms with Crippen molar-refractivity contribution in [1.82, 2.24) is 4.90 Å². The summed E-state index contributed by atoms with van der Waals surface area (Å²) in [5.41, 5.74) is 0.870. The molecule has 9 heteroatoms. The van der Waals surface area contributed by atoms with E-state index in [9.17, 15) is 22.4 Å². The van der Waals surface area contributed by atoms with Crippen molar-refractivity contribution in [2.45, 2.75) is 25.2 Å². The number of methoxy groups -OCH3 is 1. The van der Waals surface area contributed by atoms with E-state index in [0.29, 0.717) is 23.3 Å². The second-order valence-corrected chi connectivity index (χ2v) is 6.88. The molecule has 2 aromatic carbocycles. The van der Waals surface area contributed by atoms with Gasteiger partial charge < -0.3 is 14.5 Å². The van der Waals surface area contributed by atoms with Crippen molar-refractivity contribution in [3.05, 3.63) is 71.0 Å². The minimum atomic E-state index is -4.47. The Morgan fingerprint density at radius 1 is 1.23 bits per heavy atom. The number of hydrogen-bond acceptors (Lipinski definition) is 4. The molecule has 1 aliphatic heterocycles. The van der Waals surface area contributed by atoms with Gasteiger partial charge in [-0.2, -0.15) is 13.2 Å². The van der Waals surface area contributed by atoms with Gasteiger partial charge in [0.25, 0.3) is 0 Å². The fraction of sp³-hybridized carbons (Fsp3) is 0.333. The van der Waals surface area contributed by atoms with Gasteiger partial charge in [0.1, 0.15) is 12.4 Å². The molecule has 5 nitrogen and oxygen atoms in total. The molecule has 1 unspecified atom stereocenters. The van der Waals surface area contributed by atoms with E-state index >= 15 is 0 Å². The van der Waals surface area contributed by atoms with Crippen LogP contribution in [0.15, 0.2) is 53.7 Å². The van der Waals surface area contributed by atoms with E-state index in [1.807, 2.05) is 0 Å². The van der Waals surface area contributed by atoms with Gasteiger partial charge in [-0.15, -0.1) is 0 Å². The fourth-order valence-corrected chi connectivity index (χ4v) is 3.12. The first-order valence-electron chi connectivity index (χ1n) is 9.17. The molecular formula is C21H20F4N2O3. The number of alkyl halides is 3. The maximum absolute atomic E-state index is 13.1. The normalized spacial score (nSPS) is 16.2. The largest absolute Gasteiger partial charge is 0.416 e. The highest BCUT2D eigenvalue weighted by molar-refractivity contribution is 6.01. The average Bonchev–Trinajstić information content (AvgIpc) is 3.16. The average molecular weight is 424 g/mol. The third-order valence-corrected chi connectivity index (χ3v) is 4.58. The minimum Gasteiger partial charge on any atom is -0.390 e. The lowest BCUT2D eigenvalue weighted by atomic mass is 10.0. The van der Waals surface area contributed by atoms with E-state index < -0.39 is 17.8 Å². The Morgan fingerprint density at radius 2 is 1.97 bits per heavy atom. The molecule has 0 spiro atoms. The number of ether oxygens (including phenoxy) is 1. The van der Waals surface area contributed by atoms with Crippen molar-refractivity contribution in [3.8, 4) is 0 Å². The predicted octanol–water partition coefficient (Wildman–Crippen LogP) is 4.01. The summed E-state index contributed by atoms with van der Waals surface area (Å²) in [6, 6.07) is 10.6. The molecule has 1 aliphatic rings. The van der Waals surface area contributed by atoms with Crippen molar-refractivity contribution < 1.29 is 31.9 Å². The lowest BCUT2D eigenvalue weighted by molar-refractivity contribution is -0.137. The van der Waals surface area contributed by atoms with Crippen LogP contribution >= 0.6 is 0 Å². The van der Waals surface area contributed by atoms with Crippen LogP contribution in [0.25, 0.3) is 0 Å². The van der Waals surface area contributed by atoms with Gasteiger partial charge in [-0.3, -0.25) is 4.79 Å². The zero-order chi connectivity index (χ0) is 21.7. The monoisotopic (exact) mass is 424 g/mol. The highest BCUT2D eigenvalue weighted by Gasteiger charge is 2.31. The van der Waals surface area contributed by atoms with E-state index in [1.54, 1.807) is 12.1 Å². The minimum absolute atomic E-state index is 0.0299. The highest BCUT2D eigenvalue weighted by Crippen LogP contribution is 2.30. The number of carbonyl (C=O) groups is 1. The third-order valence-electron chi connectivity index (χ3n) is 4.58. The molecular weight excluding hydrogens is 404 g/mol. The van der Waals surface area contributed by atoms with Gasteiger partial charge in [0.15, 0.2) is 6.10 Å². The lowest BCUT2D eigenvalue weighted by Gasteiger charge is -2.25. The van der Waals surface area contributed by atoms with Crippen LogP contribution in [0.5, 0.6) is 0 Å². The Bertz CT molecular complexity index is 913. The van der Waals surface area contributed by atoms with Crippen molar-refractivity contribution >= 4 is 11.6 Å². The number of amides is 1. The number of oxime groups is 1. The summed E-state index contributed by atoms with van der Waals surface area (Å²) in [7, 11) is 1.36. The van der Waals surface area contributed by atoms with Crippen LogP contribution in [-0.4, -0.2) is 42.9 Å². The molecule has 0 aliphatic carbocycles. The van der Waals surface area contributed by atoms with Crippen LogP contribution in [0.3, 0.4) is 0 Å². The Labute approximate surface area is 170 Å². The third kappa shape index (κ3) is 5.56. The molecule has 3 rings (SSSR count). The molecule has 1 amide bonds. The van der Waals surface area contributed by atoms with Gasteiger partial charge in [-0.05, 0) is 35.4 Å². The molecule has 0 N–H and O–H groups in total. The number of carbonyl (C=O) groups excluding carboxylic acids is 1. The smallest absolute Gasteiger partial charge is 0.390 e. The first-order valence-corrected chi connectivity index (χ1v) is 9.17. The molecule has 30 heavy (non-hydrogen) atoms. The SMILES string of the molecule is COCC(=O)N(Cc1cccc(C(F)(F)F)c1)CC1CC(c2ccc(F)cc2)=NO1. The predicted molar refractivity (Wildman–Crippen MR) is 101 cm³/mol. The number of hydrogen-bond donors (Lipinski definition) is 0. The number of rotatable bonds is 7. The summed E-state index contributed by atoms with van der Waals surface area (Å²) in [6.45, 7) is -0.123. The standard InChI is InChI=1S/C21H20F4N2O3/c1-29-13-20(28)27(11-14-3-2-4-16(9-14)21(23,24)25)12-18-10-19(26-30-18)15-5-7-17(22)8-6-15/h2-9,18H,10-13H2,1H3. The second-order valence-electron chi connectivity index (χ2n) is 6.88. The summed E-state index contributed by atoms with van der Waals surface area (Å²) in [4.78, 5) is 19.2. The van der Waals surface area contributed by atoms with E-state index in [4.69, 9.17) is 9.57 Å². The number of nitrogens with zero attached hydrogens (tertiary/aromatic N) is 2. The zero-order valence-electron chi connectivity index (χ0n) is 16.2. The first-order chi connectivity index (χ1) is 14.3. The second kappa shape index (κ2) is 9.25. The molecule has 2 aromatic rings. The highest BCUT2D eigenvalue weighted by atomic mass is 19.4. The van der Waals surface area contributed by atoms with Gasteiger partial charge in [-0.25, -0.2) is 4.39 Å². The summed E-state index contributed by atoms with van der Waals surface area (Å²) in [5.74, 6) is -0.749. The van der Waals surface area contributed by atoms with Gasteiger partial charge >= 0.3 is 6.18 Å². The van der Waals surface area contributed by atoms with Crippen molar-refractivity contribution in [3.63, 3.8) is 0 Å². The van der Waals surface area contributed by atoms with Crippen LogP contribution in [0, 0.1) is 5.82 Å². The van der Waals surface area contributed by atoms with Crippen LogP contribution < -0.4 is 0 Å². The Balaban J connectivity index is 1.69. The van der Waals surface area contributed by atoms with Gasteiger partial charge in [0.2, 0.25) is 5.91 Å². The van der Waals surface area contributed by atoms with E-state index in [2.05, 4.69) is 5.16 Å². The topological polar surface area (TPSA) is 51.1 Å². The number of benzene rings is 2. The first kappa shape index (κ1) is 21.8. The summed E-state index contributed by atoms with van der Waals surface area (Å²) < 4.78 is 56.9. The maximum Gasteiger partial charge on any atom is 0.416 e. The zero-order valence-corrected chi connectivity index (χ0v) is 16.2. The summed E-state index contributed by atoms with van der Waals surface area (Å²) in [6.07, 6.45) is -4.56. The van der Waals surface area contributed by atoms with Crippen molar-refractivity contribution in [2.24, 2.45) is 5.16 Å². The molecule has 0 saturated heterocycles. The molecule has 0 radical (unpaired) electrons. The van der Waals surface area contributed by atoms with Crippen LogP contribution in [0.1, 0.15) is 23.1 Å². The molecule has 0 saturated carbocycles. The maximum atomic E-state index is 13.1. The van der Waals surface area contributed by atoms with E-state index in [1.165, 1.54) is 36.3 Å². The van der Waals surface area contributed by atoms with Crippen molar-refractivity contribution in [2.75, 3.05) is 20.3 Å².